The van der Waals surface area contributed by atoms with Gasteiger partial charge in [0, 0.05) is 45.5 Å². The number of rotatable bonds is 4. The van der Waals surface area contributed by atoms with Crippen molar-refractivity contribution >= 4 is 20.9 Å². The van der Waals surface area contributed by atoms with Gasteiger partial charge in [0.15, 0.2) is 0 Å². The van der Waals surface area contributed by atoms with Crippen molar-refractivity contribution < 1.29 is 21.6 Å². The number of piperazine rings is 1. The van der Waals surface area contributed by atoms with Crippen LogP contribution in [0, 0.1) is 0 Å². The Morgan fingerprint density at radius 3 is 2.33 bits per heavy atom. The maximum Gasteiger partial charge on any atom is 0.433 e. The smallest absolute Gasteiger partial charge is 0.314 e. The van der Waals surface area contributed by atoms with Crippen LogP contribution >= 0.6 is 0 Å². The quantitative estimate of drug-likeness (QED) is 0.760. The van der Waals surface area contributed by atoms with E-state index in [0.29, 0.717) is 39.3 Å². The van der Waals surface area contributed by atoms with E-state index in [4.69, 9.17) is 0 Å². The molecule has 0 atom stereocenters. The van der Waals surface area contributed by atoms with Gasteiger partial charge in [0.25, 0.3) is 5.56 Å². The predicted molar refractivity (Wildman–Crippen MR) is 93.9 cm³/mol. The molecule has 0 saturated carbocycles. The molecule has 2 aromatic rings. The van der Waals surface area contributed by atoms with E-state index in [-0.39, 0.29) is 10.9 Å². The highest BCUT2D eigenvalue weighted by Gasteiger charge is 2.32. The van der Waals surface area contributed by atoms with Gasteiger partial charge in [-0.1, -0.05) is 0 Å². The van der Waals surface area contributed by atoms with Crippen molar-refractivity contribution in [1.82, 2.24) is 18.8 Å². The van der Waals surface area contributed by atoms with Crippen LogP contribution in [0.25, 0.3) is 10.9 Å². The highest BCUT2D eigenvalue weighted by molar-refractivity contribution is 7.88. The Bertz CT molecular complexity index is 996. The summed E-state index contributed by atoms with van der Waals surface area (Å²) in [6.45, 7) is 2.81. The minimum Gasteiger partial charge on any atom is -0.314 e. The fourth-order valence-electron chi connectivity index (χ4n) is 3.03. The molecule has 0 radical (unpaired) electrons. The second-order valence-electron chi connectivity index (χ2n) is 6.45. The molecule has 1 fully saturated rings. The molecular formula is C16H19F3N4O3S. The first-order valence-corrected chi connectivity index (χ1v) is 10.2. The van der Waals surface area contributed by atoms with Crippen LogP contribution in [0.3, 0.4) is 0 Å². The van der Waals surface area contributed by atoms with Crippen LogP contribution in [0.1, 0.15) is 5.69 Å². The lowest BCUT2D eigenvalue weighted by Gasteiger charge is -2.33. The van der Waals surface area contributed by atoms with Crippen LogP contribution in [0.5, 0.6) is 0 Å². The Morgan fingerprint density at radius 2 is 1.74 bits per heavy atom. The third kappa shape index (κ3) is 4.47. The molecule has 1 aliphatic heterocycles. The maximum atomic E-state index is 12.7. The largest absolute Gasteiger partial charge is 0.433 e. The molecular weight excluding hydrogens is 385 g/mol. The number of pyridine rings is 2. The van der Waals surface area contributed by atoms with Gasteiger partial charge in [0.1, 0.15) is 5.69 Å². The summed E-state index contributed by atoms with van der Waals surface area (Å²) in [5.74, 6) is 0. The molecule has 0 aliphatic carbocycles. The molecule has 7 nitrogen and oxygen atoms in total. The molecule has 148 valence electrons. The van der Waals surface area contributed by atoms with Crippen LogP contribution in [0.4, 0.5) is 13.2 Å². The van der Waals surface area contributed by atoms with E-state index in [2.05, 4.69) is 4.98 Å². The second kappa shape index (κ2) is 7.21. The predicted octanol–water partition coefficient (Wildman–Crippen LogP) is 0.993. The number of alkyl halides is 3. The highest BCUT2D eigenvalue weighted by Crippen LogP contribution is 2.28. The van der Waals surface area contributed by atoms with E-state index in [1.165, 1.54) is 27.4 Å². The maximum absolute atomic E-state index is 12.7. The van der Waals surface area contributed by atoms with Crippen molar-refractivity contribution in [2.75, 3.05) is 39.0 Å². The summed E-state index contributed by atoms with van der Waals surface area (Å²) in [4.78, 5) is 18.0. The Hall–Kier alpha value is -1.98. The number of nitrogens with zero attached hydrogens (tertiary/aromatic N) is 4. The van der Waals surface area contributed by atoms with E-state index < -0.39 is 27.5 Å². The zero-order valence-electron chi connectivity index (χ0n) is 14.6. The summed E-state index contributed by atoms with van der Waals surface area (Å²) >= 11 is 0. The first kappa shape index (κ1) is 19.8. The van der Waals surface area contributed by atoms with Gasteiger partial charge in [-0.15, -0.1) is 0 Å². The number of halogens is 3. The van der Waals surface area contributed by atoms with Crippen LogP contribution < -0.4 is 5.56 Å². The molecule has 3 rings (SSSR count). The van der Waals surface area contributed by atoms with E-state index in [9.17, 15) is 26.4 Å². The Morgan fingerprint density at radius 1 is 1.07 bits per heavy atom. The van der Waals surface area contributed by atoms with Crippen molar-refractivity contribution in [2.24, 2.45) is 0 Å². The zero-order chi connectivity index (χ0) is 19.8. The van der Waals surface area contributed by atoms with Crippen molar-refractivity contribution in [3.05, 3.63) is 40.4 Å². The highest BCUT2D eigenvalue weighted by atomic mass is 32.2. The van der Waals surface area contributed by atoms with Gasteiger partial charge in [0.05, 0.1) is 17.2 Å². The van der Waals surface area contributed by atoms with E-state index >= 15 is 0 Å². The molecule has 11 heteroatoms. The Kier molecular flexibility index (Phi) is 5.28. The van der Waals surface area contributed by atoms with Gasteiger partial charge < -0.3 is 4.57 Å². The molecule has 3 heterocycles. The summed E-state index contributed by atoms with van der Waals surface area (Å²) in [6, 6.07) is 3.35. The summed E-state index contributed by atoms with van der Waals surface area (Å²) in [5.41, 5.74) is -1.42. The van der Waals surface area contributed by atoms with Gasteiger partial charge in [-0.2, -0.15) is 17.5 Å². The summed E-state index contributed by atoms with van der Waals surface area (Å²) in [7, 11) is -3.20. The van der Waals surface area contributed by atoms with Crippen LogP contribution in [0.15, 0.2) is 29.2 Å². The number of sulfonamides is 1. The van der Waals surface area contributed by atoms with Crippen LogP contribution in [-0.2, 0) is 22.7 Å². The number of hydrogen-bond donors (Lipinski definition) is 0. The van der Waals surface area contributed by atoms with Crippen molar-refractivity contribution in [3.8, 4) is 0 Å². The lowest BCUT2D eigenvalue weighted by atomic mass is 10.2. The second-order valence-corrected chi connectivity index (χ2v) is 8.43. The summed E-state index contributed by atoms with van der Waals surface area (Å²) < 4.78 is 64.1. The molecule has 0 aromatic carbocycles. The lowest BCUT2D eigenvalue weighted by Crippen LogP contribution is -2.49. The van der Waals surface area contributed by atoms with Crippen molar-refractivity contribution in [1.29, 1.82) is 0 Å². The van der Waals surface area contributed by atoms with Gasteiger partial charge >= 0.3 is 6.18 Å². The summed E-state index contributed by atoms with van der Waals surface area (Å²) in [5, 5.41) is 0.132. The topological polar surface area (TPSA) is 75.5 Å². The molecule has 0 N–H and O–H groups in total. The molecule has 0 spiro atoms. The molecule has 2 aromatic heterocycles. The lowest BCUT2D eigenvalue weighted by molar-refractivity contribution is -0.140. The monoisotopic (exact) mass is 404 g/mol. The van der Waals surface area contributed by atoms with E-state index in [1.54, 1.807) is 0 Å². The fourth-order valence-corrected chi connectivity index (χ4v) is 3.86. The van der Waals surface area contributed by atoms with E-state index in [1.807, 2.05) is 4.90 Å². The van der Waals surface area contributed by atoms with Crippen LogP contribution in [0.2, 0.25) is 0 Å². The fraction of sp³-hybridized carbons (Fsp3) is 0.500. The molecule has 27 heavy (non-hydrogen) atoms. The Balaban J connectivity index is 1.70. The minimum absolute atomic E-state index is 0.00726. The van der Waals surface area contributed by atoms with E-state index in [0.717, 1.165) is 12.1 Å². The molecule has 1 saturated heterocycles. The summed E-state index contributed by atoms with van der Waals surface area (Å²) in [6.07, 6.45) is -1.95. The van der Waals surface area contributed by atoms with Crippen molar-refractivity contribution in [3.63, 3.8) is 0 Å². The van der Waals surface area contributed by atoms with Gasteiger partial charge in [-0.05, 0) is 18.2 Å². The van der Waals surface area contributed by atoms with Crippen LogP contribution in [-0.4, -0.2) is 66.2 Å². The molecule has 0 amide bonds. The van der Waals surface area contributed by atoms with Gasteiger partial charge in [0.2, 0.25) is 10.0 Å². The first-order chi connectivity index (χ1) is 12.6. The minimum atomic E-state index is -4.56. The third-order valence-corrected chi connectivity index (χ3v) is 5.88. The van der Waals surface area contributed by atoms with Gasteiger partial charge in [-0.25, -0.2) is 13.4 Å². The standard InChI is InChI=1S/C16H19F3N4O3S/c1-27(25,26)23-10-7-21(8-11-23)6-9-22-5-4-13-12(15(22)24)2-3-14(20-13)16(17,18)19/h2-5H,6-11H2,1H3. The SMILES string of the molecule is CS(=O)(=O)N1CCN(CCn2ccc3nc(C(F)(F)F)ccc3c2=O)CC1. The normalized spacial score (nSPS) is 17.5. The number of aromatic nitrogens is 2. The average molecular weight is 404 g/mol. The van der Waals surface area contributed by atoms with Gasteiger partial charge in [-0.3, -0.25) is 9.69 Å². The average Bonchev–Trinajstić information content (AvgIpc) is 2.60. The molecule has 0 bridgehead atoms. The molecule has 0 unspecified atom stereocenters. The third-order valence-electron chi connectivity index (χ3n) is 4.58. The first-order valence-electron chi connectivity index (χ1n) is 8.30. The zero-order valence-corrected chi connectivity index (χ0v) is 15.4. The number of fused-ring (bicyclic) bond motifs is 1. The molecule has 1 aliphatic rings. The van der Waals surface area contributed by atoms with Crippen molar-refractivity contribution in [2.45, 2.75) is 12.7 Å². The number of hydrogen-bond acceptors (Lipinski definition) is 5. The Labute approximate surface area is 154 Å².